The highest BCUT2D eigenvalue weighted by Crippen LogP contribution is 2.16. The first kappa shape index (κ1) is 15.2. The number of aliphatic hydroxyl groups excluding tert-OH is 1. The van der Waals surface area contributed by atoms with Crippen molar-refractivity contribution in [2.75, 3.05) is 45.9 Å². The minimum absolute atomic E-state index is 0.273. The molecule has 7 heteroatoms. The van der Waals surface area contributed by atoms with Crippen molar-refractivity contribution in [1.82, 2.24) is 13.9 Å². The molecule has 0 bridgehead atoms. The SMILES string of the molecule is O=S(=O)(NCCN1CCC(CO)CC1)N1CCCC1. The Morgan fingerprint density at radius 1 is 1.11 bits per heavy atom. The molecule has 0 spiro atoms. The third-order valence-electron chi connectivity index (χ3n) is 4.08. The Morgan fingerprint density at radius 2 is 1.74 bits per heavy atom. The van der Waals surface area contributed by atoms with E-state index in [0.717, 1.165) is 45.3 Å². The summed E-state index contributed by atoms with van der Waals surface area (Å²) in [4.78, 5) is 2.26. The Kier molecular flexibility index (Phi) is 5.58. The first-order valence-electron chi connectivity index (χ1n) is 7.20. The van der Waals surface area contributed by atoms with Crippen LogP contribution in [0.25, 0.3) is 0 Å². The van der Waals surface area contributed by atoms with E-state index in [1.165, 1.54) is 4.31 Å². The van der Waals surface area contributed by atoms with E-state index in [4.69, 9.17) is 5.11 Å². The highest BCUT2D eigenvalue weighted by molar-refractivity contribution is 7.87. The lowest BCUT2D eigenvalue weighted by atomic mass is 9.98. The quantitative estimate of drug-likeness (QED) is 0.700. The first-order valence-corrected chi connectivity index (χ1v) is 8.64. The number of aliphatic hydroxyl groups is 1. The van der Waals surface area contributed by atoms with E-state index in [1.54, 1.807) is 0 Å². The molecule has 0 aromatic heterocycles. The van der Waals surface area contributed by atoms with Gasteiger partial charge < -0.3 is 10.0 Å². The van der Waals surface area contributed by atoms with E-state index >= 15 is 0 Å². The van der Waals surface area contributed by atoms with Crippen molar-refractivity contribution in [2.24, 2.45) is 5.92 Å². The summed E-state index contributed by atoms with van der Waals surface area (Å²) in [6.07, 6.45) is 3.95. The minimum atomic E-state index is -3.26. The molecule has 2 fully saturated rings. The van der Waals surface area contributed by atoms with Gasteiger partial charge in [-0.1, -0.05) is 0 Å². The number of likely N-dealkylation sites (tertiary alicyclic amines) is 1. The van der Waals surface area contributed by atoms with Crippen molar-refractivity contribution in [3.8, 4) is 0 Å². The average molecular weight is 291 g/mol. The molecule has 0 aliphatic carbocycles. The van der Waals surface area contributed by atoms with Gasteiger partial charge in [0.05, 0.1) is 0 Å². The van der Waals surface area contributed by atoms with Crippen molar-refractivity contribution in [3.05, 3.63) is 0 Å². The van der Waals surface area contributed by atoms with Crippen molar-refractivity contribution >= 4 is 10.2 Å². The molecule has 0 aromatic rings. The summed E-state index contributed by atoms with van der Waals surface area (Å²) in [6, 6.07) is 0. The second-order valence-corrected chi connectivity index (χ2v) is 7.23. The van der Waals surface area contributed by atoms with E-state index in [1.807, 2.05) is 0 Å². The molecule has 2 N–H and O–H groups in total. The Morgan fingerprint density at radius 3 is 2.32 bits per heavy atom. The van der Waals surface area contributed by atoms with Crippen LogP contribution in [0.15, 0.2) is 0 Å². The van der Waals surface area contributed by atoms with Crippen LogP contribution in [0.2, 0.25) is 0 Å². The normalized spacial score (nSPS) is 24.1. The molecule has 6 nitrogen and oxygen atoms in total. The molecule has 2 heterocycles. The maximum atomic E-state index is 11.9. The number of hydrogen-bond donors (Lipinski definition) is 2. The molecule has 0 aromatic carbocycles. The van der Waals surface area contributed by atoms with Gasteiger partial charge in [0, 0.05) is 32.8 Å². The molecule has 0 unspecified atom stereocenters. The van der Waals surface area contributed by atoms with Crippen molar-refractivity contribution in [3.63, 3.8) is 0 Å². The average Bonchev–Trinajstić information content (AvgIpc) is 2.94. The lowest BCUT2D eigenvalue weighted by Crippen LogP contribution is -2.44. The van der Waals surface area contributed by atoms with E-state index in [-0.39, 0.29) is 6.61 Å². The Labute approximate surface area is 116 Å². The number of nitrogens with zero attached hydrogens (tertiary/aromatic N) is 2. The fraction of sp³-hybridized carbons (Fsp3) is 1.00. The predicted molar refractivity (Wildman–Crippen MR) is 74.0 cm³/mol. The Bertz CT molecular complexity index is 360. The van der Waals surface area contributed by atoms with Crippen LogP contribution < -0.4 is 4.72 Å². The van der Waals surface area contributed by atoms with Gasteiger partial charge >= 0.3 is 0 Å². The summed E-state index contributed by atoms with van der Waals surface area (Å²) < 4.78 is 28.1. The topological polar surface area (TPSA) is 72.9 Å². The van der Waals surface area contributed by atoms with Gasteiger partial charge in [0.2, 0.25) is 0 Å². The van der Waals surface area contributed by atoms with E-state index in [2.05, 4.69) is 9.62 Å². The fourth-order valence-electron chi connectivity index (χ4n) is 2.75. The van der Waals surface area contributed by atoms with E-state index in [9.17, 15) is 8.42 Å². The molecular formula is C12H25N3O3S. The molecule has 0 atom stereocenters. The molecule has 0 radical (unpaired) electrons. The van der Waals surface area contributed by atoms with E-state index < -0.39 is 10.2 Å². The van der Waals surface area contributed by atoms with Crippen LogP contribution in [-0.2, 0) is 10.2 Å². The third kappa shape index (κ3) is 4.39. The predicted octanol–water partition coefficient (Wildman–Crippen LogP) is -0.379. The number of nitrogens with one attached hydrogen (secondary N) is 1. The highest BCUT2D eigenvalue weighted by atomic mass is 32.2. The zero-order chi connectivity index (χ0) is 13.7. The summed E-state index contributed by atoms with van der Waals surface area (Å²) in [5.41, 5.74) is 0. The molecule has 0 saturated carbocycles. The maximum Gasteiger partial charge on any atom is 0.279 e. The monoisotopic (exact) mass is 291 g/mol. The first-order chi connectivity index (χ1) is 9.12. The van der Waals surface area contributed by atoms with Crippen LogP contribution in [0.3, 0.4) is 0 Å². The zero-order valence-electron chi connectivity index (χ0n) is 11.4. The van der Waals surface area contributed by atoms with Gasteiger partial charge in [-0.2, -0.15) is 12.7 Å². The second-order valence-electron chi connectivity index (χ2n) is 5.47. The van der Waals surface area contributed by atoms with Crippen LogP contribution >= 0.6 is 0 Å². The van der Waals surface area contributed by atoms with Gasteiger partial charge in [-0.3, -0.25) is 0 Å². The van der Waals surface area contributed by atoms with Crippen LogP contribution in [0.4, 0.5) is 0 Å². The Hall–Kier alpha value is -0.210. The molecule has 2 rings (SSSR count). The minimum Gasteiger partial charge on any atom is -0.396 e. The van der Waals surface area contributed by atoms with Gasteiger partial charge in [0.25, 0.3) is 10.2 Å². The van der Waals surface area contributed by atoms with Crippen LogP contribution in [0.1, 0.15) is 25.7 Å². The summed E-state index contributed by atoms with van der Waals surface area (Å²) >= 11 is 0. The lowest BCUT2D eigenvalue weighted by Gasteiger charge is -2.31. The second kappa shape index (κ2) is 6.99. The Balaban J connectivity index is 1.66. The molecule has 2 aliphatic heterocycles. The van der Waals surface area contributed by atoms with Crippen molar-refractivity contribution in [2.45, 2.75) is 25.7 Å². The van der Waals surface area contributed by atoms with Gasteiger partial charge in [-0.25, -0.2) is 4.72 Å². The zero-order valence-corrected chi connectivity index (χ0v) is 12.2. The van der Waals surface area contributed by atoms with Crippen LogP contribution in [-0.4, -0.2) is 68.6 Å². The molecule has 112 valence electrons. The maximum absolute atomic E-state index is 11.9. The summed E-state index contributed by atoms with van der Waals surface area (Å²) in [7, 11) is -3.26. The lowest BCUT2D eigenvalue weighted by molar-refractivity contribution is 0.133. The number of piperidine rings is 1. The van der Waals surface area contributed by atoms with Crippen molar-refractivity contribution < 1.29 is 13.5 Å². The smallest absolute Gasteiger partial charge is 0.279 e. The molecular weight excluding hydrogens is 266 g/mol. The van der Waals surface area contributed by atoms with E-state index in [0.29, 0.717) is 25.6 Å². The van der Waals surface area contributed by atoms with Crippen molar-refractivity contribution in [1.29, 1.82) is 0 Å². The fourth-order valence-corrected chi connectivity index (χ4v) is 4.02. The molecule has 19 heavy (non-hydrogen) atoms. The standard InChI is InChI=1S/C12H25N3O3S/c16-11-12-3-8-14(9-4-12)10-5-13-19(17,18)15-6-1-2-7-15/h12-13,16H,1-11H2. The summed E-state index contributed by atoms with van der Waals surface area (Å²) in [5.74, 6) is 0.428. The molecule has 0 amide bonds. The largest absolute Gasteiger partial charge is 0.396 e. The third-order valence-corrected chi connectivity index (χ3v) is 5.70. The van der Waals surface area contributed by atoms with Gasteiger partial charge in [0.1, 0.15) is 0 Å². The van der Waals surface area contributed by atoms with Gasteiger partial charge in [0.15, 0.2) is 0 Å². The van der Waals surface area contributed by atoms with Crippen LogP contribution in [0.5, 0.6) is 0 Å². The van der Waals surface area contributed by atoms with Gasteiger partial charge in [-0.15, -0.1) is 0 Å². The summed E-state index contributed by atoms with van der Waals surface area (Å²) in [5, 5.41) is 9.07. The number of rotatable bonds is 6. The highest BCUT2D eigenvalue weighted by Gasteiger charge is 2.25. The van der Waals surface area contributed by atoms with Crippen LogP contribution in [0, 0.1) is 5.92 Å². The summed E-state index contributed by atoms with van der Waals surface area (Å²) in [6.45, 7) is 4.71. The molecule has 2 saturated heterocycles. The molecule has 2 aliphatic rings. The van der Waals surface area contributed by atoms with Gasteiger partial charge in [-0.05, 0) is 44.7 Å². The number of hydrogen-bond acceptors (Lipinski definition) is 4.